The molecule has 0 saturated carbocycles. The maximum absolute atomic E-state index is 7.14. The van der Waals surface area contributed by atoms with Crippen molar-refractivity contribution in [2.24, 2.45) is 5.73 Å². The molecule has 2 rings (SSSR count). The van der Waals surface area contributed by atoms with Crippen LogP contribution >= 0.6 is 0 Å². The van der Waals surface area contributed by atoms with Crippen LogP contribution in [0.4, 0.5) is 0 Å². The lowest BCUT2D eigenvalue weighted by Crippen LogP contribution is -2.09. The highest BCUT2D eigenvalue weighted by Crippen LogP contribution is 2.12. The minimum Gasteiger partial charge on any atom is -0.388 e. The van der Waals surface area contributed by atoms with Crippen LogP contribution in [0.3, 0.4) is 0 Å². The smallest absolute Gasteiger partial charge is 0.0958 e. The van der Waals surface area contributed by atoms with Gasteiger partial charge in [0.1, 0.15) is 0 Å². The van der Waals surface area contributed by atoms with Gasteiger partial charge in [0.15, 0.2) is 0 Å². The lowest BCUT2D eigenvalue weighted by atomic mass is 10.2. The predicted octanol–water partition coefficient (Wildman–Crippen LogP) is 2.14. The molecule has 1 heterocycles. The minimum absolute atomic E-state index is 0.274. The summed E-state index contributed by atoms with van der Waals surface area (Å²) in [5.74, 6) is 0.274. The zero-order valence-corrected chi connectivity index (χ0v) is 9.19. The number of benzene rings is 1. The van der Waals surface area contributed by atoms with Gasteiger partial charge in [-0.3, -0.25) is 5.41 Å². The summed E-state index contributed by atoms with van der Waals surface area (Å²) < 4.78 is 2.15. The average Bonchev–Trinajstić information content (AvgIpc) is 2.68. The van der Waals surface area contributed by atoms with Gasteiger partial charge in [0, 0.05) is 13.0 Å². The molecule has 16 heavy (non-hydrogen) atoms. The number of rotatable bonds is 5. The second-order valence-corrected chi connectivity index (χ2v) is 3.91. The molecule has 4 nitrogen and oxygen atoms in total. The molecule has 0 aliphatic heterocycles. The molecule has 0 spiro atoms. The number of aromatic nitrogens is 2. The van der Waals surface area contributed by atoms with E-state index in [0.29, 0.717) is 6.42 Å². The molecular formula is C12H16N4. The van der Waals surface area contributed by atoms with E-state index in [1.807, 2.05) is 24.5 Å². The number of nitrogens with one attached hydrogen (secondary N) is 1. The van der Waals surface area contributed by atoms with E-state index in [4.69, 9.17) is 11.1 Å². The highest BCUT2D eigenvalue weighted by atomic mass is 15.0. The Morgan fingerprint density at radius 1 is 1.31 bits per heavy atom. The van der Waals surface area contributed by atoms with E-state index in [0.717, 1.165) is 24.9 Å². The van der Waals surface area contributed by atoms with Crippen LogP contribution in [0.5, 0.6) is 0 Å². The number of imidazole rings is 1. The van der Waals surface area contributed by atoms with Gasteiger partial charge in [-0.05, 0) is 25.0 Å². The van der Waals surface area contributed by atoms with E-state index in [-0.39, 0.29) is 5.84 Å². The molecule has 4 heteroatoms. The Balaban J connectivity index is 1.97. The maximum Gasteiger partial charge on any atom is 0.0958 e. The molecule has 0 amide bonds. The van der Waals surface area contributed by atoms with Crippen LogP contribution in [0, 0.1) is 5.41 Å². The molecule has 0 aliphatic rings. The molecule has 0 saturated heterocycles. The van der Waals surface area contributed by atoms with Gasteiger partial charge >= 0.3 is 0 Å². The molecule has 1 aromatic carbocycles. The molecule has 0 radical (unpaired) electrons. The lowest BCUT2D eigenvalue weighted by Gasteiger charge is -2.03. The van der Waals surface area contributed by atoms with Crippen molar-refractivity contribution in [3.05, 3.63) is 30.6 Å². The van der Waals surface area contributed by atoms with Crippen LogP contribution in [0.2, 0.25) is 0 Å². The first kappa shape index (κ1) is 10.7. The largest absolute Gasteiger partial charge is 0.388 e. The van der Waals surface area contributed by atoms with Gasteiger partial charge in [0.25, 0.3) is 0 Å². The van der Waals surface area contributed by atoms with E-state index in [9.17, 15) is 0 Å². The van der Waals surface area contributed by atoms with Gasteiger partial charge in [-0.1, -0.05) is 12.1 Å². The van der Waals surface area contributed by atoms with Crippen LogP contribution in [-0.2, 0) is 6.54 Å². The van der Waals surface area contributed by atoms with E-state index >= 15 is 0 Å². The van der Waals surface area contributed by atoms with Gasteiger partial charge < -0.3 is 10.3 Å². The number of aryl methyl sites for hydroxylation is 1. The molecule has 3 N–H and O–H groups in total. The summed E-state index contributed by atoms with van der Waals surface area (Å²) in [6.45, 7) is 0.938. The molecule has 84 valence electrons. The summed E-state index contributed by atoms with van der Waals surface area (Å²) in [5.41, 5.74) is 7.51. The van der Waals surface area contributed by atoms with Crippen molar-refractivity contribution in [1.29, 1.82) is 5.41 Å². The first-order valence-electron chi connectivity index (χ1n) is 5.50. The fourth-order valence-corrected chi connectivity index (χ4v) is 1.79. The number of nitrogens with two attached hydrogens (primary N) is 1. The predicted molar refractivity (Wildman–Crippen MR) is 65.5 cm³/mol. The third-order valence-corrected chi connectivity index (χ3v) is 2.62. The SMILES string of the molecule is N=C(N)CCCCn1cnc2ccccc21. The number of hydrogen-bond donors (Lipinski definition) is 2. The molecule has 0 atom stereocenters. The van der Waals surface area contributed by atoms with Gasteiger partial charge in [0.2, 0.25) is 0 Å². The van der Waals surface area contributed by atoms with Crippen molar-refractivity contribution in [3.8, 4) is 0 Å². The van der Waals surface area contributed by atoms with Gasteiger partial charge in [0.05, 0.1) is 23.2 Å². The maximum atomic E-state index is 7.14. The Morgan fingerprint density at radius 2 is 2.12 bits per heavy atom. The van der Waals surface area contributed by atoms with Crippen molar-refractivity contribution in [2.45, 2.75) is 25.8 Å². The molecule has 0 unspecified atom stereocenters. The Labute approximate surface area is 94.6 Å². The second kappa shape index (κ2) is 4.79. The van der Waals surface area contributed by atoms with Crippen molar-refractivity contribution in [2.75, 3.05) is 0 Å². The van der Waals surface area contributed by atoms with Crippen LogP contribution in [0.15, 0.2) is 30.6 Å². The zero-order chi connectivity index (χ0) is 11.4. The van der Waals surface area contributed by atoms with Crippen molar-refractivity contribution >= 4 is 16.9 Å². The number of unbranched alkanes of at least 4 members (excludes halogenated alkanes) is 1. The number of fused-ring (bicyclic) bond motifs is 1. The second-order valence-electron chi connectivity index (χ2n) is 3.91. The monoisotopic (exact) mass is 216 g/mol. The molecule has 0 bridgehead atoms. The topological polar surface area (TPSA) is 67.7 Å². The highest BCUT2D eigenvalue weighted by Gasteiger charge is 2.00. The average molecular weight is 216 g/mol. The first-order chi connectivity index (χ1) is 7.77. The lowest BCUT2D eigenvalue weighted by molar-refractivity contribution is 0.631. The van der Waals surface area contributed by atoms with Gasteiger partial charge in [-0.15, -0.1) is 0 Å². The molecule has 1 aromatic heterocycles. The molecular weight excluding hydrogens is 200 g/mol. The number of para-hydroxylation sites is 2. The summed E-state index contributed by atoms with van der Waals surface area (Å²) in [6, 6.07) is 8.11. The highest BCUT2D eigenvalue weighted by molar-refractivity contribution is 5.76. The first-order valence-corrected chi connectivity index (χ1v) is 5.50. The molecule has 0 aliphatic carbocycles. The van der Waals surface area contributed by atoms with E-state index < -0.39 is 0 Å². The van der Waals surface area contributed by atoms with Crippen LogP contribution in [0.1, 0.15) is 19.3 Å². The fourth-order valence-electron chi connectivity index (χ4n) is 1.79. The molecule has 0 fully saturated rings. The van der Waals surface area contributed by atoms with Crippen molar-refractivity contribution in [3.63, 3.8) is 0 Å². The Bertz CT molecular complexity index is 486. The number of amidine groups is 1. The third kappa shape index (κ3) is 2.39. The van der Waals surface area contributed by atoms with Crippen LogP contribution in [0.25, 0.3) is 11.0 Å². The van der Waals surface area contributed by atoms with E-state index in [1.54, 1.807) is 0 Å². The normalized spacial score (nSPS) is 10.8. The Kier molecular flexibility index (Phi) is 3.19. The van der Waals surface area contributed by atoms with Crippen LogP contribution in [-0.4, -0.2) is 15.4 Å². The van der Waals surface area contributed by atoms with Crippen molar-refractivity contribution < 1.29 is 0 Å². The molecule has 2 aromatic rings. The number of nitrogens with zero attached hydrogens (tertiary/aromatic N) is 2. The third-order valence-electron chi connectivity index (χ3n) is 2.62. The fraction of sp³-hybridized carbons (Fsp3) is 0.333. The quantitative estimate of drug-likeness (QED) is 0.457. The standard InChI is InChI=1S/C12H16N4/c13-12(14)7-3-4-8-16-9-15-10-5-1-2-6-11(10)16/h1-2,5-6,9H,3-4,7-8H2,(H3,13,14). The summed E-state index contributed by atoms with van der Waals surface area (Å²) in [5, 5.41) is 7.14. The number of hydrogen-bond acceptors (Lipinski definition) is 2. The van der Waals surface area contributed by atoms with Gasteiger partial charge in [-0.2, -0.15) is 0 Å². The van der Waals surface area contributed by atoms with Gasteiger partial charge in [-0.25, -0.2) is 4.98 Å². The van der Waals surface area contributed by atoms with E-state index in [1.165, 1.54) is 5.52 Å². The minimum atomic E-state index is 0.274. The van der Waals surface area contributed by atoms with Crippen molar-refractivity contribution in [1.82, 2.24) is 9.55 Å². The van der Waals surface area contributed by atoms with Crippen LogP contribution < -0.4 is 5.73 Å². The Hall–Kier alpha value is -1.84. The Morgan fingerprint density at radius 3 is 2.94 bits per heavy atom. The zero-order valence-electron chi connectivity index (χ0n) is 9.19. The van der Waals surface area contributed by atoms with E-state index in [2.05, 4.69) is 15.6 Å². The summed E-state index contributed by atoms with van der Waals surface area (Å²) in [4.78, 5) is 4.33. The summed E-state index contributed by atoms with van der Waals surface area (Å²) in [7, 11) is 0. The summed E-state index contributed by atoms with van der Waals surface area (Å²) in [6.07, 6.45) is 4.55. The summed E-state index contributed by atoms with van der Waals surface area (Å²) >= 11 is 0.